The second-order valence-electron chi connectivity index (χ2n) is 5.75. The molecule has 1 nitrogen and oxygen atoms in total. The standard InChI is InChI=1S/C17H24O/c1-5-6-7-16(18)13-10-14-8-11-15(12-9-14)17(2,3)4/h8-9,11-12,16,18H,5-7H2,1-4H3. The Kier molecular flexibility index (Phi) is 5.44. The third kappa shape index (κ3) is 4.94. The van der Waals surface area contributed by atoms with Crippen LogP contribution in [-0.2, 0) is 5.41 Å². The molecule has 0 aliphatic carbocycles. The van der Waals surface area contributed by atoms with E-state index in [0.29, 0.717) is 0 Å². The van der Waals surface area contributed by atoms with Crippen molar-refractivity contribution in [3.8, 4) is 11.8 Å². The zero-order valence-corrected chi connectivity index (χ0v) is 12.0. The van der Waals surface area contributed by atoms with Gasteiger partial charge in [0.1, 0.15) is 6.10 Å². The van der Waals surface area contributed by atoms with E-state index in [1.54, 1.807) is 0 Å². The third-order valence-electron chi connectivity index (χ3n) is 2.97. The molecule has 0 bridgehead atoms. The summed E-state index contributed by atoms with van der Waals surface area (Å²) in [4.78, 5) is 0. The topological polar surface area (TPSA) is 20.2 Å². The van der Waals surface area contributed by atoms with Crippen LogP contribution in [0.2, 0.25) is 0 Å². The molecule has 0 radical (unpaired) electrons. The van der Waals surface area contributed by atoms with Crippen LogP contribution in [0.1, 0.15) is 58.1 Å². The molecule has 0 saturated carbocycles. The summed E-state index contributed by atoms with van der Waals surface area (Å²) in [5, 5.41) is 9.65. The second kappa shape index (κ2) is 6.61. The molecule has 0 amide bonds. The molecule has 0 aliphatic heterocycles. The van der Waals surface area contributed by atoms with E-state index in [2.05, 4.69) is 51.7 Å². The Hall–Kier alpha value is -1.26. The van der Waals surface area contributed by atoms with Gasteiger partial charge in [0.25, 0.3) is 0 Å². The molecule has 1 N–H and O–H groups in total. The summed E-state index contributed by atoms with van der Waals surface area (Å²) in [6.45, 7) is 8.71. The molecule has 1 rings (SSSR count). The van der Waals surface area contributed by atoms with Gasteiger partial charge in [-0.1, -0.05) is 64.5 Å². The summed E-state index contributed by atoms with van der Waals surface area (Å²) < 4.78 is 0. The lowest BCUT2D eigenvalue weighted by Gasteiger charge is -2.18. The summed E-state index contributed by atoms with van der Waals surface area (Å²) in [6.07, 6.45) is 2.40. The first-order valence-electron chi connectivity index (χ1n) is 6.73. The molecule has 0 aliphatic rings. The van der Waals surface area contributed by atoms with Crippen molar-refractivity contribution in [1.82, 2.24) is 0 Å². The van der Waals surface area contributed by atoms with E-state index in [1.165, 1.54) is 5.56 Å². The van der Waals surface area contributed by atoms with E-state index in [0.717, 1.165) is 24.8 Å². The van der Waals surface area contributed by atoms with Crippen LogP contribution in [-0.4, -0.2) is 11.2 Å². The van der Waals surface area contributed by atoms with Crippen molar-refractivity contribution in [2.45, 2.75) is 58.5 Å². The first-order valence-corrected chi connectivity index (χ1v) is 6.73. The van der Waals surface area contributed by atoms with Gasteiger partial charge in [-0.15, -0.1) is 0 Å². The SMILES string of the molecule is CCCCC(O)C#Cc1ccc(C(C)(C)C)cc1. The van der Waals surface area contributed by atoms with Crippen molar-refractivity contribution >= 4 is 0 Å². The number of aliphatic hydroxyl groups excluding tert-OH is 1. The summed E-state index contributed by atoms with van der Waals surface area (Å²) in [6, 6.07) is 8.28. The second-order valence-corrected chi connectivity index (χ2v) is 5.75. The maximum atomic E-state index is 9.65. The minimum atomic E-state index is -0.493. The normalized spacial score (nSPS) is 12.7. The van der Waals surface area contributed by atoms with Crippen LogP contribution < -0.4 is 0 Å². The van der Waals surface area contributed by atoms with Gasteiger partial charge in [0.2, 0.25) is 0 Å². The number of benzene rings is 1. The van der Waals surface area contributed by atoms with Gasteiger partial charge in [0.15, 0.2) is 0 Å². The zero-order valence-electron chi connectivity index (χ0n) is 12.0. The van der Waals surface area contributed by atoms with Crippen LogP contribution in [0.5, 0.6) is 0 Å². The van der Waals surface area contributed by atoms with E-state index in [4.69, 9.17) is 0 Å². The Morgan fingerprint density at radius 2 is 1.78 bits per heavy atom. The van der Waals surface area contributed by atoms with Crippen LogP contribution in [0.15, 0.2) is 24.3 Å². The first kappa shape index (κ1) is 14.8. The smallest absolute Gasteiger partial charge is 0.115 e. The number of rotatable bonds is 3. The number of hydrogen-bond donors (Lipinski definition) is 1. The average Bonchev–Trinajstić information content (AvgIpc) is 2.33. The molecule has 0 aromatic heterocycles. The van der Waals surface area contributed by atoms with Crippen LogP contribution in [0, 0.1) is 11.8 Å². The highest BCUT2D eigenvalue weighted by atomic mass is 16.3. The first-order chi connectivity index (χ1) is 8.43. The minimum Gasteiger partial charge on any atom is -0.380 e. The van der Waals surface area contributed by atoms with Crippen LogP contribution in [0.25, 0.3) is 0 Å². The fourth-order valence-electron chi connectivity index (χ4n) is 1.69. The summed E-state index contributed by atoms with van der Waals surface area (Å²) in [5.74, 6) is 5.93. The van der Waals surface area contributed by atoms with E-state index in [1.807, 2.05) is 12.1 Å². The molecule has 1 heteroatoms. The average molecular weight is 244 g/mol. The molecule has 0 saturated heterocycles. The van der Waals surface area contributed by atoms with Crippen molar-refractivity contribution in [2.24, 2.45) is 0 Å². The molecule has 1 aromatic carbocycles. The van der Waals surface area contributed by atoms with Crippen molar-refractivity contribution in [3.05, 3.63) is 35.4 Å². The van der Waals surface area contributed by atoms with Crippen molar-refractivity contribution < 1.29 is 5.11 Å². The van der Waals surface area contributed by atoms with Crippen molar-refractivity contribution in [2.75, 3.05) is 0 Å². The maximum absolute atomic E-state index is 9.65. The lowest BCUT2D eigenvalue weighted by molar-refractivity contribution is 0.218. The summed E-state index contributed by atoms with van der Waals surface area (Å²) in [5.41, 5.74) is 2.45. The highest BCUT2D eigenvalue weighted by molar-refractivity contribution is 5.38. The Balaban J connectivity index is 2.67. The van der Waals surface area contributed by atoms with Crippen molar-refractivity contribution in [1.29, 1.82) is 0 Å². The van der Waals surface area contributed by atoms with Crippen LogP contribution in [0.4, 0.5) is 0 Å². The summed E-state index contributed by atoms with van der Waals surface area (Å²) in [7, 11) is 0. The Morgan fingerprint density at radius 3 is 2.28 bits per heavy atom. The van der Waals surface area contributed by atoms with Gasteiger partial charge in [-0.2, -0.15) is 0 Å². The monoisotopic (exact) mass is 244 g/mol. The highest BCUT2D eigenvalue weighted by Gasteiger charge is 2.12. The van der Waals surface area contributed by atoms with Gasteiger partial charge in [0.05, 0.1) is 0 Å². The van der Waals surface area contributed by atoms with Gasteiger partial charge < -0.3 is 5.11 Å². The fourth-order valence-corrected chi connectivity index (χ4v) is 1.69. The molecule has 1 atom stereocenters. The van der Waals surface area contributed by atoms with Gasteiger partial charge >= 0.3 is 0 Å². The Labute approximate surface area is 111 Å². The van der Waals surface area contributed by atoms with Crippen LogP contribution >= 0.6 is 0 Å². The Bertz CT molecular complexity index is 412. The highest BCUT2D eigenvalue weighted by Crippen LogP contribution is 2.21. The molecule has 0 heterocycles. The lowest BCUT2D eigenvalue weighted by Crippen LogP contribution is -2.10. The molecule has 98 valence electrons. The van der Waals surface area contributed by atoms with E-state index < -0.39 is 6.10 Å². The number of unbranched alkanes of at least 4 members (excludes halogenated alkanes) is 1. The van der Waals surface area contributed by atoms with Gasteiger partial charge in [-0.25, -0.2) is 0 Å². The minimum absolute atomic E-state index is 0.173. The van der Waals surface area contributed by atoms with E-state index in [-0.39, 0.29) is 5.41 Å². The zero-order chi connectivity index (χ0) is 13.6. The van der Waals surface area contributed by atoms with Crippen LogP contribution in [0.3, 0.4) is 0 Å². The largest absolute Gasteiger partial charge is 0.380 e. The number of hydrogen-bond acceptors (Lipinski definition) is 1. The lowest BCUT2D eigenvalue weighted by atomic mass is 9.87. The molecular weight excluding hydrogens is 220 g/mol. The van der Waals surface area contributed by atoms with E-state index >= 15 is 0 Å². The van der Waals surface area contributed by atoms with E-state index in [9.17, 15) is 5.11 Å². The third-order valence-corrected chi connectivity index (χ3v) is 2.97. The fraction of sp³-hybridized carbons (Fsp3) is 0.529. The summed E-state index contributed by atoms with van der Waals surface area (Å²) >= 11 is 0. The maximum Gasteiger partial charge on any atom is 0.115 e. The number of aliphatic hydroxyl groups is 1. The quantitative estimate of drug-likeness (QED) is 0.800. The van der Waals surface area contributed by atoms with Crippen molar-refractivity contribution in [3.63, 3.8) is 0 Å². The Morgan fingerprint density at radius 1 is 1.17 bits per heavy atom. The molecule has 1 aromatic rings. The predicted octanol–water partition coefficient (Wildman–Crippen LogP) is 3.89. The molecular formula is C17H24O. The molecule has 1 unspecified atom stereocenters. The molecule has 0 spiro atoms. The van der Waals surface area contributed by atoms with Gasteiger partial charge in [-0.3, -0.25) is 0 Å². The predicted molar refractivity (Wildman–Crippen MR) is 77.6 cm³/mol. The molecule has 18 heavy (non-hydrogen) atoms. The van der Waals surface area contributed by atoms with Gasteiger partial charge in [-0.05, 0) is 29.5 Å². The van der Waals surface area contributed by atoms with Gasteiger partial charge in [0, 0.05) is 5.56 Å². The molecule has 0 fully saturated rings.